The summed E-state index contributed by atoms with van der Waals surface area (Å²) in [5.74, 6) is 0. The van der Waals surface area contributed by atoms with Crippen LogP contribution < -0.4 is 25.6 Å². The minimum atomic E-state index is -2.99. The maximum Gasteiger partial charge on any atom is 0.179 e. The van der Waals surface area contributed by atoms with Crippen LogP contribution in [-0.4, -0.2) is 8.07 Å². The third kappa shape index (κ3) is 10.3. The zero-order chi connectivity index (χ0) is 62.6. The van der Waals surface area contributed by atoms with Crippen LogP contribution in [0.15, 0.2) is 394 Å². The second kappa shape index (κ2) is 25.4. The second-order valence-corrected chi connectivity index (χ2v) is 27.9. The first-order valence-electron chi connectivity index (χ1n) is 32.5. The molecule has 0 bridgehead atoms. The molecule has 16 aromatic carbocycles. The average Bonchev–Trinajstić information content (AvgIpc) is 0.727. The molecule has 0 aliphatic rings. The molecule has 94 heavy (non-hydrogen) atoms. The Labute approximate surface area is 552 Å². The van der Waals surface area contributed by atoms with Crippen molar-refractivity contribution >= 4 is 67.4 Å². The minimum Gasteiger partial charge on any atom is -0.310 e. The lowest BCUT2D eigenvalue weighted by Crippen LogP contribution is -2.74. The summed E-state index contributed by atoms with van der Waals surface area (Å²) in [6.45, 7) is 0. The first-order chi connectivity index (χ1) is 46.7. The zero-order valence-corrected chi connectivity index (χ0v) is 53.0. The summed E-state index contributed by atoms with van der Waals surface area (Å²) in [6.07, 6.45) is 0. The quantitative estimate of drug-likeness (QED) is 0.0730. The summed E-state index contributed by atoms with van der Waals surface area (Å²) in [5.41, 5.74) is 21.9. The number of benzene rings is 16. The van der Waals surface area contributed by atoms with Crippen LogP contribution in [0.2, 0.25) is 0 Å². The van der Waals surface area contributed by atoms with Gasteiger partial charge in [-0.25, -0.2) is 0 Å². The largest absolute Gasteiger partial charge is 0.310 e. The molecule has 0 saturated heterocycles. The Balaban J connectivity index is 0.960. The fourth-order valence-corrected chi connectivity index (χ4v) is 19.6. The van der Waals surface area contributed by atoms with E-state index >= 15 is 0 Å². The first kappa shape index (κ1) is 57.2. The van der Waals surface area contributed by atoms with Gasteiger partial charge in [-0.15, -0.1) is 0 Å². The Morgan fingerprint density at radius 2 is 0.543 bits per heavy atom. The molecule has 0 spiro atoms. The maximum absolute atomic E-state index is 2.99. The number of hydrogen-bond donors (Lipinski definition) is 0. The molecule has 16 rings (SSSR count). The predicted octanol–water partition coefficient (Wildman–Crippen LogP) is 22.2. The topological polar surface area (TPSA) is 3.24 Å². The fourth-order valence-electron chi connectivity index (χ4n) is 14.8. The van der Waals surface area contributed by atoms with Crippen LogP contribution in [0, 0.1) is 0 Å². The van der Waals surface area contributed by atoms with E-state index in [-0.39, 0.29) is 0 Å². The van der Waals surface area contributed by atoms with Crippen LogP contribution in [0.4, 0.5) is 17.1 Å². The molecule has 442 valence electrons. The summed E-state index contributed by atoms with van der Waals surface area (Å²) in [7, 11) is -2.99. The van der Waals surface area contributed by atoms with Crippen LogP contribution >= 0.6 is 0 Å². The predicted molar refractivity (Wildman–Crippen MR) is 403 cm³/mol. The number of hydrogen-bond acceptors (Lipinski definition) is 1. The standard InChI is InChI=1S/C92H65NSi/c1-9-33-66(34-10-1)79-56-29-43-68-44-30-57-80(87(68)79)67-61-63-73(64-62-67)93(74-45-31-52-78(65-74)94(75-46-19-6-20-47-75,76-48-21-7-22-49-76)77-50-23-8-24-51-77)86-60-28-27-55-83(86)81-53-25-26-54-82(81)84-58-32-59-85-88(69-35-11-2-12-36-69)89(70-37-13-3-14-38-70)90(71-39-15-4-16-40-71)91(92(84)85)72-41-17-5-18-42-72/h1-65H. The van der Waals surface area contributed by atoms with Gasteiger partial charge in [-0.3, -0.25) is 0 Å². The highest BCUT2D eigenvalue weighted by atomic mass is 28.3. The number of fused-ring (bicyclic) bond motifs is 2. The van der Waals surface area contributed by atoms with E-state index in [9.17, 15) is 0 Å². The summed E-state index contributed by atoms with van der Waals surface area (Å²) in [4.78, 5) is 2.52. The van der Waals surface area contributed by atoms with E-state index in [1.54, 1.807) is 0 Å². The molecule has 0 unspecified atom stereocenters. The van der Waals surface area contributed by atoms with Gasteiger partial charge in [0.1, 0.15) is 0 Å². The van der Waals surface area contributed by atoms with Crippen molar-refractivity contribution in [3.05, 3.63) is 394 Å². The normalized spacial score (nSPS) is 11.4. The molecule has 0 N–H and O–H groups in total. The van der Waals surface area contributed by atoms with Gasteiger partial charge < -0.3 is 4.90 Å². The van der Waals surface area contributed by atoms with Gasteiger partial charge in [0.2, 0.25) is 0 Å². The van der Waals surface area contributed by atoms with Gasteiger partial charge in [-0.1, -0.05) is 364 Å². The Hall–Kier alpha value is -11.9. The molecule has 2 heteroatoms. The lowest BCUT2D eigenvalue weighted by Gasteiger charge is -2.36. The van der Waals surface area contributed by atoms with Gasteiger partial charge >= 0.3 is 0 Å². The third-order valence-corrected chi connectivity index (χ3v) is 23.6. The third-order valence-electron chi connectivity index (χ3n) is 18.8. The van der Waals surface area contributed by atoms with Crippen LogP contribution in [0.3, 0.4) is 0 Å². The van der Waals surface area contributed by atoms with Gasteiger partial charge in [-0.05, 0) is 156 Å². The summed E-state index contributed by atoms with van der Waals surface area (Å²) in [6, 6.07) is 146. The molecule has 16 aromatic rings. The Bertz CT molecular complexity index is 5210. The zero-order valence-electron chi connectivity index (χ0n) is 52.0. The van der Waals surface area contributed by atoms with Crippen LogP contribution in [0.1, 0.15) is 0 Å². The Morgan fingerprint density at radius 1 is 0.191 bits per heavy atom. The average molecular weight is 1210 g/mol. The van der Waals surface area contributed by atoms with E-state index < -0.39 is 8.07 Å². The monoisotopic (exact) mass is 1210 g/mol. The SMILES string of the molecule is c1ccc(-c2c(-c3ccccc3)c(-c3ccccc3)c3c(-c4ccccc4-c4ccccc4N(c4ccc(-c5cccc6cccc(-c7ccccc7)c56)cc4)c4cccc([Si](c5ccccc5)(c5ccccc5)c5ccccc5)c4)cccc3c2-c2ccccc2)cc1. The highest BCUT2D eigenvalue weighted by Crippen LogP contribution is 2.54. The van der Waals surface area contributed by atoms with Crippen molar-refractivity contribution in [2.24, 2.45) is 0 Å². The smallest absolute Gasteiger partial charge is 0.179 e. The molecule has 0 heterocycles. The molecular formula is C92H65NSi. The fraction of sp³-hybridized carbons (Fsp3) is 0. The molecule has 0 aromatic heterocycles. The van der Waals surface area contributed by atoms with Crippen molar-refractivity contribution in [3.63, 3.8) is 0 Å². The molecule has 0 radical (unpaired) electrons. The molecule has 0 saturated carbocycles. The van der Waals surface area contributed by atoms with E-state index in [1.165, 1.54) is 92.4 Å². The van der Waals surface area contributed by atoms with Gasteiger partial charge in [0.25, 0.3) is 0 Å². The van der Waals surface area contributed by atoms with Crippen molar-refractivity contribution < 1.29 is 0 Å². The highest BCUT2D eigenvalue weighted by Gasteiger charge is 2.42. The van der Waals surface area contributed by atoms with E-state index in [0.717, 1.165) is 56.0 Å². The van der Waals surface area contributed by atoms with E-state index in [2.05, 4.69) is 399 Å². The number of nitrogens with zero attached hydrogens (tertiary/aromatic N) is 1. The maximum atomic E-state index is 2.52. The van der Waals surface area contributed by atoms with Crippen LogP contribution in [0.5, 0.6) is 0 Å². The van der Waals surface area contributed by atoms with Crippen molar-refractivity contribution in [1.82, 2.24) is 0 Å². The Kier molecular flexibility index (Phi) is 15.5. The number of para-hydroxylation sites is 1. The van der Waals surface area contributed by atoms with Gasteiger partial charge in [0.05, 0.1) is 5.69 Å². The molecule has 0 atom stereocenters. The van der Waals surface area contributed by atoms with Gasteiger partial charge in [0, 0.05) is 16.9 Å². The minimum absolute atomic E-state index is 1.05. The summed E-state index contributed by atoms with van der Waals surface area (Å²) in [5, 5.41) is 10.1. The van der Waals surface area contributed by atoms with Gasteiger partial charge in [-0.2, -0.15) is 0 Å². The highest BCUT2D eigenvalue weighted by molar-refractivity contribution is 7.20. The number of rotatable bonds is 15. The van der Waals surface area contributed by atoms with Crippen molar-refractivity contribution in [3.8, 4) is 89.0 Å². The molecule has 0 amide bonds. The van der Waals surface area contributed by atoms with Gasteiger partial charge in [0.15, 0.2) is 8.07 Å². The van der Waals surface area contributed by atoms with E-state index in [1.807, 2.05) is 0 Å². The summed E-state index contributed by atoms with van der Waals surface area (Å²) < 4.78 is 0. The number of anilines is 3. The lowest BCUT2D eigenvalue weighted by molar-refractivity contribution is 1.29. The molecule has 0 fully saturated rings. The second-order valence-electron chi connectivity index (χ2n) is 24.1. The molecule has 0 aliphatic heterocycles. The molecular weight excluding hydrogens is 1150 g/mol. The van der Waals surface area contributed by atoms with E-state index in [4.69, 9.17) is 0 Å². The Morgan fingerprint density at radius 3 is 1.05 bits per heavy atom. The van der Waals surface area contributed by atoms with Crippen molar-refractivity contribution in [1.29, 1.82) is 0 Å². The first-order valence-corrected chi connectivity index (χ1v) is 34.5. The van der Waals surface area contributed by atoms with Crippen LogP contribution in [-0.2, 0) is 0 Å². The molecule has 1 nitrogen and oxygen atoms in total. The van der Waals surface area contributed by atoms with E-state index in [0.29, 0.717) is 0 Å². The van der Waals surface area contributed by atoms with Crippen LogP contribution in [0.25, 0.3) is 111 Å². The van der Waals surface area contributed by atoms with Crippen molar-refractivity contribution in [2.75, 3.05) is 4.90 Å². The summed E-state index contributed by atoms with van der Waals surface area (Å²) >= 11 is 0. The lowest BCUT2D eigenvalue weighted by atomic mass is 9.77. The molecule has 0 aliphatic carbocycles. The van der Waals surface area contributed by atoms with Crippen molar-refractivity contribution in [2.45, 2.75) is 0 Å².